The van der Waals surface area contributed by atoms with E-state index in [1.807, 2.05) is 12.1 Å². The van der Waals surface area contributed by atoms with Gasteiger partial charge in [0.05, 0.1) is 7.11 Å². The Morgan fingerprint density at radius 3 is 2.77 bits per heavy atom. The highest BCUT2D eigenvalue weighted by atomic mass is 32.1. The first kappa shape index (κ1) is 8.38. The molecule has 2 N–H and O–H groups in total. The van der Waals surface area contributed by atoms with Crippen LogP contribution in [0.15, 0.2) is 18.2 Å². The van der Waals surface area contributed by atoms with Gasteiger partial charge in [-0.25, -0.2) is 0 Å². The standard InChI is InChI=1S/C10H11NOS/c1-6-3-8-9(11)4-7(12-2)5-10(8)13-6/h3-5H,11H2,1-2H3. The minimum atomic E-state index is 0.790. The SMILES string of the molecule is COc1cc(N)c2cc(C)sc2c1. The van der Waals surface area contributed by atoms with E-state index in [-0.39, 0.29) is 0 Å². The number of nitrogens with two attached hydrogens (primary N) is 1. The maximum atomic E-state index is 5.87. The number of nitrogen functional groups attached to an aromatic ring is 1. The second-order valence-corrected chi connectivity index (χ2v) is 4.27. The van der Waals surface area contributed by atoms with Crippen LogP contribution in [0, 0.1) is 6.92 Å². The molecular formula is C10H11NOS. The Balaban J connectivity index is 2.75. The van der Waals surface area contributed by atoms with Crippen LogP contribution in [0.2, 0.25) is 0 Å². The van der Waals surface area contributed by atoms with Crippen molar-refractivity contribution in [3.63, 3.8) is 0 Å². The first-order valence-electron chi connectivity index (χ1n) is 4.04. The average molecular weight is 193 g/mol. The maximum Gasteiger partial charge on any atom is 0.122 e. The van der Waals surface area contributed by atoms with Gasteiger partial charge in [-0.15, -0.1) is 11.3 Å². The fourth-order valence-electron chi connectivity index (χ4n) is 1.38. The summed E-state index contributed by atoms with van der Waals surface area (Å²) >= 11 is 1.74. The van der Waals surface area contributed by atoms with E-state index >= 15 is 0 Å². The van der Waals surface area contributed by atoms with Crippen molar-refractivity contribution in [3.8, 4) is 5.75 Å². The summed E-state index contributed by atoms with van der Waals surface area (Å²) in [6.45, 7) is 2.08. The second-order valence-electron chi connectivity index (χ2n) is 2.99. The van der Waals surface area contributed by atoms with E-state index < -0.39 is 0 Å². The number of ether oxygens (including phenoxy) is 1. The molecule has 0 unspecified atom stereocenters. The largest absolute Gasteiger partial charge is 0.497 e. The van der Waals surface area contributed by atoms with Gasteiger partial charge in [-0.3, -0.25) is 0 Å². The van der Waals surface area contributed by atoms with E-state index in [1.165, 1.54) is 9.58 Å². The van der Waals surface area contributed by atoms with Crippen molar-refractivity contribution < 1.29 is 4.74 Å². The van der Waals surface area contributed by atoms with Crippen LogP contribution in [0.1, 0.15) is 4.88 Å². The molecule has 0 fully saturated rings. The number of thiophene rings is 1. The molecule has 0 amide bonds. The quantitative estimate of drug-likeness (QED) is 0.707. The van der Waals surface area contributed by atoms with Gasteiger partial charge in [-0.2, -0.15) is 0 Å². The summed E-state index contributed by atoms with van der Waals surface area (Å²) in [6.07, 6.45) is 0. The Kier molecular flexibility index (Phi) is 1.88. The van der Waals surface area contributed by atoms with E-state index in [9.17, 15) is 0 Å². The summed E-state index contributed by atoms with van der Waals surface area (Å²) in [7, 11) is 1.65. The zero-order valence-electron chi connectivity index (χ0n) is 7.63. The second kappa shape index (κ2) is 2.92. The van der Waals surface area contributed by atoms with Crippen LogP contribution in [-0.2, 0) is 0 Å². The van der Waals surface area contributed by atoms with E-state index in [2.05, 4.69) is 13.0 Å². The minimum absolute atomic E-state index is 0.790. The van der Waals surface area contributed by atoms with Crippen molar-refractivity contribution in [2.24, 2.45) is 0 Å². The van der Waals surface area contributed by atoms with Gasteiger partial charge < -0.3 is 10.5 Å². The lowest BCUT2D eigenvalue weighted by molar-refractivity contribution is 0.415. The number of methoxy groups -OCH3 is 1. The van der Waals surface area contributed by atoms with E-state index in [4.69, 9.17) is 10.5 Å². The lowest BCUT2D eigenvalue weighted by Crippen LogP contribution is -1.87. The molecular weight excluding hydrogens is 182 g/mol. The summed E-state index contributed by atoms with van der Waals surface area (Å²) in [6, 6.07) is 5.98. The molecule has 0 aliphatic carbocycles. The highest BCUT2D eigenvalue weighted by Gasteiger charge is 2.04. The topological polar surface area (TPSA) is 35.2 Å². The molecule has 1 aromatic carbocycles. The first-order chi connectivity index (χ1) is 6.20. The molecule has 0 atom stereocenters. The summed E-state index contributed by atoms with van der Waals surface area (Å²) in [5.41, 5.74) is 6.66. The van der Waals surface area contributed by atoms with Gasteiger partial charge in [0, 0.05) is 26.7 Å². The molecule has 0 spiro atoms. The summed E-state index contributed by atoms with van der Waals surface area (Å²) in [5.74, 6) is 0.826. The monoisotopic (exact) mass is 193 g/mol. The zero-order chi connectivity index (χ0) is 9.42. The third kappa shape index (κ3) is 1.35. The van der Waals surface area contributed by atoms with Crippen molar-refractivity contribution in [2.45, 2.75) is 6.92 Å². The van der Waals surface area contributed by atoms with Gasteiger partial charge in [-0.05, 0) is 19.1 Å². The van der Waals surface area contributed by atoms with E-state index in [0.717, 1.165) is 16.8 Å². The number of hydrogen-bond acceptors (Lipinski definition) is 3. The molecule has 3 heteroatoms. The Labute approximate surface area is 80.9 Å². The molecule has 68 valence electrons. The number of aryl methyl sites for hydroxylation is 1. The summed E-state index contributed by atoms with van der Waals surface area (Å²) in [4.78, 5) is 1.27. The highest BCUT2D eigenvalue weighted by Crippen LogP contribution is 2.33. The molecule has 0 aliphatic rings. The number of anilines is 1. The van der Waals surface area contributed by atoms with Crippen molar-refractivity contribution in [3.05, 3.63) is 23.1 Å². The van der Waals surface area contributed by atoms with Crippen molar-refractivity contribution in [1.29, 1.82) is 0 Å². The van der Waals surface area contributed by atoms with E-state index in [1.54, 1.807) is 18.4 Å². The fourth-order valence-corrected chi connectivity index (χ4v) is 2.37. The van der Waals surface area contributed by atoms with Crippen LogP contribution >= 0.6 is 11.3 Å². The molecule has 2 rings (SSSR count). The number of fused-ring (bicyclic) bond motifs is 1. The Bertz CT molecular complexity index is 447. The first-order valence-corrected chi connectivity index (χ1v) is 4.86. The highest BCUT2D eigenvalue weighted by molar-refractivity contribution is 7.19. The fraction of sp³-hybridized carbons (Fsp3) is 0.200. The van der Waals surface area contributed by atoms with Crippen molar-refractivity contribution in [1.82, 2.24) is 0 Å². The Morgan fingerprint density at radius 1 is 1.31 bits per heavy atom. The smallest absolute Gasteiger partial charge is 0.122 e. The Hall–Kier alpha value is -1.22. The molecule has 0 bridgehead atoms. The van der Waals surface area contributed by atoms with Crippen LogP contribution in [0.3, 0.4) is 0 Å². The molecule has 0 radical (unpaired) electrons. The van der Waals surface area contributed by atoms with Gasteiger partial charge in [0.25, 0.3) is 0 Å². The molecule has 0 aliphatic heterocycles. The van der Waals surface area contributed by atoms with Crippen LogP contribution in [-0.4, -0.2) is 7.11 Å². The Morgan fingerprint density at radius 2 is 2.08 bits per heavy atom. The molecule has 2 aromatic rings. The predicted molar refractivity (Wildman–Crippen MR) is 57.5 cm³/mol. The number of hydrogen-bond donors (Lipinski definition) is 1. The number of rotatable bonds is 1. The van der Waals surface area contributed by atoms with Gasteiger partial charge in [0.2, 0.25) is 0 Å². The molecule has 2 nitrogen and oxygen atoms in total. The summed E-state index contributed by atoms with van der Waals surface area (Å²) < 4.78 is 6.33. The minimum Gasteiger partial charge on any atom is -0.497 e. The van der Waals surface area contributed by atoms with Crippen LogP contribution in [0.5, 0.6) is 5.75 Å². The molecule has 0 saturated heterocycles. The van der Waals surface area contributed by atoms with E-state index in [0.29, 0.717) is 0 Å². The third-order valence-electron chi connectivity index (χ3n) is 2.00. The van der Waals surface area contributed by atoms with Crippen LogP contribution < -0.4 is 10.5 Å². The predicted octanol–water partition coefficient (Wildman–Crippen LogP) is 2.80. The molecule has 1 heterocycles. The normalized spacial score (nSPS) is 10.6. The van der Waals surface area contributed by atoms with Crippen LogP contribution in [0.4, 0.5) is 5.69 Å². The lowest BCUT2D eigenvalue weighted by atomic mass is 10.2. The van der Waals surface area contributed by atoms with Crippen LogP contribution in [0.25, 0.3) is 10.1 Å². The third-order valence-corrected chi connectivity index (χ3v) is 3.00. The lowest BCUT2D eigenvalue weighted by Gasteiger charge is -2.01. The molecule has 13 heavy (non-hydrogen) atoms. The van der Waals surface area contributed by atoms with Gasteiger partial charge in [0.1, 0.15) is 5.75 Å². The zero-order valence-corrected chi connectivity index (χ0v) is 8.44. The van der Waals surface area contributed by atoms with Gasteiger partial charge >= 0.3 is 0 Å². The molecule has 1 aromatic heterocycles. The summed E-state index contributed by atoms with van der Waals surface area (Å²) in [5, 5.41) is 1.13. The van der Waals surface area contributed by atoms with Crippen molar-refractivity contribution >= 4 is 27.1 Å². The van der Waals surface area contributed by atoms with Gasteiger partial charge in [-0.1, -0.05) is 0 Å². The van der Waals surface area contributed by atoms with Crippen molar-refractivity contribution in [2.75, 3.05) is 12.8 Å². The van der Waals surface area contributed by atoms with Gasteiger partial charge in [0.15, 0.2) is 0 Å². The number of benzene rings is 1. The molecule has 0 saturated carbocycles. The average Bonchev–Trinajstić information content (AvgIpc) is 2.46. The maximum absolute atomic E-state index is 5.87.